The summed E-state index contributed by atoms with van der Waals surface area (Å²) in [7, 11) is 0. The van der Waals surface area contributed by atoms with Crippen LogP contribution in [0.3, 0.4) is 0 Å². The van der Waals surface area contributed by atoms with E-state index in [1.165, 1.54) is 6.20 Å². The molecule has 0 atom stereocenters. The molecule has 4 rings (SSSR count). The van der Waals surface area contributed by atoms with Crippen LogP contribution in [0.5, 0.6) is 0 Å². The number of carbonyl (C=O) groups is 1. The van der Waals surface area contributed by atoms with Gasteiger partial charge in [-0.2, -0.15) is 0 Å². The Hall–Kier alpha value is -3.27. The first kappa shape index (κ1) is 18.1. The van der Waals surface area contributed by atoms with E-state index in [1.807, 2.05) is 13.8 Å². The number of rotatable bonds is 4. The second kappa shape index (κ2) is 7.04. The smallest absolute Gasteiger partial charge is 0.322 e. The molecule has 10 heteroatoms. The van der Waals surface area contributed by atoms with Crippen molar-refractivity contribution >= 4 is 38.9 Å². The predicted octanol–water partition coefficient (Wildman–Crippen LogP) is 3.38. The fourth-order valence-corrected chi connectivity index (χ4v) is 3.04. The molecule has 142 valence electrons. The lowest BCUT2D eigenvalue weighted by Crippen LogP contribution is -2.24. The van der Waals surface area contributed by atoms with Crippen LogP contribution in [0.15, 0.2) is 48.8 Å². The van der Waals surface area contributed by atoms with Gasteiger partial charge in [0, 0.05) is 18.4 Å². The highest BCUT2D eigenvalue weighted by molar-refractivity contribution is 9.10. The molecular formula is C18H14BrN5O4. The first-order valence-electron chi connectivity index (χ1n) is 8.37. The van der Waals surface area contributed by atoms with Gasteiger partial charge in [0.15, 0.2) is 10.4 Å². The Morgan fingerprint density at radius 1 is 1.21 bits per heavy atom. The van der Waals surface area contributed by atoms with Crippen molar-refractivity contribution in [2.24, 2.45) is 0 Å². The van der Waals surface area contributed by atoms with E-state index in [-0.39, 0.29) is 17.5 Å². The zero-order valence-electron chi connectivity index (χ0n) is 14.9. The zero-order chi connectivity index (χ0) is 19.8. The molecule has 0 aliphatic rings. The van der Waals surface area contributed by atoms with Crippen molar-refractivity contribution in [2.45, 2.75) is 20.4 Å². The summed E-state index contributed by atoms with van der Waals surface area (Å²) < 4.78 is 13.0. The molecule has 4 aromatic heterocycles. The summed E-state index contributed by atoms with van der Waals surface area (Å²) in [6, 6.07) is 6.58. The highest BCUT2D eigenvalue weighted by Crippen LogP contribution is 2.25. The fraction of sp³-hybridized carbons (Fsp3) is 0.167. The van der Waals surface area contributed by atoms with Crippen molar-refractivity contribution < 1.29 is 13.6 Å². The molecule has 1 amide bonds. The van der Waals surface area contributed by atoms with E-state index in [0.717, 1.165) is 5.69 Å². The van der Waals surface area contributed by atoms with Crippen molar-refractivity contribution in [1.29, 1.82) is 0 Å². The molecule has 0 bridgehead atoms. The maximum Gasteiger partial charge on any atom is 0.322 e. The lowest BCUT2D eigenvalue weighted by atomic mass is 10.1. The van der Waals surface area contributed by atoms with Crippen molar-refractivity contribution in [1.82, 2.24) is 19.7 Å². The number of fused-ring (bicyclic) bond motifs is 1. The van der Waals surface area contributed by atoms with E-state index in [0.29, 0.717) is 28.0 Å². The summed E-state index contributed by atoms with van der Waals surface area (Å²) >= 11 is 3.18. The van der Waals surface area contributed by atoms with Crippen LogP contribution in [0.4, 0.5) is 6.01 Å². The van der Waals surface area contributed by atoms with Gasteiger partial charge in [-0.3, -0.25) is 14.9 Å². The van der Waals surface area contributed by atoms with Crippen LogP contribution >= 0.6 is 15.9 Å². The van der Waals surface area contributed by atoms with E-state index < -0.39 is 11.3 Å². The number of aryl methyl sites for hydroxylation is 2. The molecule has 0 aliphatic heterocycles. The number of aromatic nitrogens is 4. The normalized spacial score (nSPS) is 11.1. The largest absolute Gasteiger partial charge is 0.444 e. The van der Waals surface area contributed by atoms with Crippen LogP contribution in [0.2, 0.25) is 0 Å². The summed E-state index contributed by atoms with van der Waals surface area (Å²) in [6.07, 6.45) is 1.48. The standard InChI is InChI=1S/C18H14BrN5O4/c1-3-24-8-11(14(25)10-5-4-9(2)20-15(10)24)16(26)21-18-23-22-17(28-18)12-6-7-13(19)27-12/h4-8H,3H2,1-2H3,(H,21,23,26). The van der Waals surface area contributed by atoms with Gasteiger partial charge in [-0.05, 0) is 54.0 Å². The number of halogens is 1. The van der Waals surface area contributed by atoms with Crippen LogP contribution in [-0.4, -0.2) is 25.7 Å². The molecule has 9 nitrogen and oxygen atoms in total. The monoisotopic (exact) mass is 443 g/mol. The Kier molecular flexibility index (Phi) is 4.55. The number of hydrogen-bond donors (Lipinski definition) is 1. The van der Waals surface area contributed by atoms with Gasteiger partial charge in [-0.15, -0.1) is 5.10 Å². The third-order valence-corrected chi connectivity index (χ3v) is 4.50. The van der Waals surface area contributed by atoms with Gasteiger partial charge in [-0.25, -0.2) is 4.98 Å². The number of anilines is 1. The average molecular weight is 444 g/mol. The summed E-state index contributed by atoms with van der Waals surface area (Å²) in [4.78, 5) is 29.8. The van der Waals surface area contributed by atoms with Crippen LogP contribution in [-0.2, 0) is 6.54 Å². The summed E-state index contributed by atoms with van der Waals surface area (Å²) in [5.74, 6) is -0.198. The quantitative estimate of drug-likeness (QED) is 0.513. The second-order valence-corrected chi connectivity index (χ2v) is 6.73. The van der Waals surface area contributed by atoms with Crippen molar-refractivity contribution in [3.05, 3.63) is 56.6 Å². The molecule has 1 N–H and O–H groups in total. The van der Waals surface area contributed by atoms with Gasteiger partial charge < -0.3 is 13.4 Å². The second-order valence-electron chi connectivity index (χ2n) is 5.95. The summed E-state index contributed by atoms with van der Waals surface area (Å²) in [5, 5.41) is 10.4. The first-order chi connectivity index (χ1) is 13.5. The first-order valence-corrected chi connectivity index (χ1v) is 9.17. The number of pyridine rings is 2. The summed E-state index contributed by atoms with van der Waals surface area (Å²) in [6.45, 7) is 4.29. The molecule has 0 aliphatic carbocycles. The zero-order valence-corrected chi connectivity index (χ0v) is 16.5. The lowest BCUT2D eigenvalue weighted by Gasteiger charge is -2.10. The van der Waals surface area contributed by atoms with Crippen LogP contribution in [0, 0.1) is 6.92 Å². The minimum atomic E-state index is -0.648. The number of amides is 1. The molecule has 0 saturated heterocycles. The van der Waals surface area contributed by atoms with Crippen LogP contribution < -0.4 is 10.7 Å². The fourth-order valence-electron chi connectivity index (χ4n) is 2.73. The Morgan fingerprint density at radius 2 is 2.04 bits per heavy atom. The highest BCUT2D eigenvalue weighted by atomic mass is 79.9. The Balaban J connectivity index is 1.68. The maximum atomic E-state index is 12.8. The van der Waals surface area contributed by atoms with Crippen LogP contribution in [0.25, 0.3) is 22.7 Å². The topological polar surface area (TPSA) is 116 Å². The molecule has 28 heavy (non-hydrogen) atoms. The number of nitrogens with one attached hydrogen (secondary N) is 1. The number of hydrogen-bond acceptors (Lipinski definition) is 7. The van der Waals surface area contributed by atoms with Gasteiger partial charge in [0.2, 0.25) is 5.43 Å². The molecule has 0 fully saturated rings. The highest BCUT2D eigenvalue weighted by Gasteiger charge is 2.19. The number of carbonyl (C=O) groups excluding carboxylic acids is 1. The Morgan fingerprint density at radius 3 is 2.75 bits per heavy atom. The van der Waals surface area contributed by atoms with E-state index in [9.17, 15) is 9.59 Å². The van der Waals surface area contributed by atoms with Crippen LogP contribution in [0.1, 0.15) is 23.0 Å². The third kappa shape index (κ3) is 3.22. The van der Waals surface area contributed by atoms with Crippen molar-refractivity contribution in [3.63, 3.8) is 0 Å². The minimum Gasteiger partial charge on any atom is -0.444 e. The van der Waals surface area contributed by atoms with Crippen molar-refractivity contribution in [3.8, 4) is 11.7 Å². The molecule has 0 radical (unpaired) electrons. The van der Waals surface area contributed by atoms with Gasteiger partial charge >= 0.3 is 6.01 Å². The third-order valence-electron chi connectivity index (χ3n) is 4.08. The molecule has 0 unspecified atom stereocenters. The van der Waals surface area contributed by atoms with E-state index in [1.54, 1.807) is 28.8 Å². The van der Waals surface area contributed by atoms with E-state index in [2.05, 4.69) is 36.4 Å². The predicted molar refractivity (Wildman–Crippen MR) is 104 cm³/mol. The van der Waals surface area contributed by atoms with Gasteiger partial charge in [0.25, 0.3) is 11.8 Å². The minimum absolute atomic E-state index is 0.0412. The van der Waals surface area contributed by atoms with E-state index >= 15 is 0 Å². The van der Waals surface area contributed by atoms with Gasteiger partial charge in [0.1, 0.15) is 11.2 Å². The average Bonchev–Trinajstić information content (AvgIpc) is 3.30. The molecule has 4 heterocycles. The maximum absolute atomic E-state index is 12.8. The van der Waals surface area contributed by atoms with Gasteiger partial charge in [0.05, 0.1) is 5.39 Å². The Bertz CT molecular complexity index is 1260. The summed E-state index contributed by atoms with van der Waals surface area (Å²) in [5.41, 5.74) is 0.863. The number of nitrogens with zero attached hydrogens (tertiary/aromatic N) is 4. The molecule has 0 saturated carbocycles. The molecule has 0 spiro atoms. The SMILES string of the molecule is CCn1cc(C(=O)Nc2nnc(-c3ccc(Br)o3)o2)c(=O)c2ccc(C)nc21. The molecule has 0 aromatic carbocycles. The lowest BCUT2D eigenvalue weighted by molar-refractivity contribution is 0.102. The number of furan rings is 1. The van der Waals surface area contributed by atoms with Gasteiger partial charge in [-0.1, -0.05) is 5.10 Å². The molecule has 4 aromatic rings. The van der Waals surface area contributed by atoms with Crippen molar-refractivity contribution in [2.75, 3.05) is 5.32 Å². The van der Waals surface area contributed by atoms with E-state index in [4.69, 9.17) is 8.83 Å². The Labute approximate surface area is 166 Å². The molecular weight excluding hydrogens is 430 g/mol.